The molecule has 0 amide bonds. The van der Waals surface area contributed by atoms with E-state index in [1.807, 2.05) is 36.0 Å². The van der Waals surface area contributed by atoms with E-state index in [-0.39, 0.29) is 6.61 Å². The van der Waals surface area contributed by atoms with Crippen LogP contribution in [0.2, 0.25) is 0 Å². The lowest BCUT2D eigenvalue weighted by Crippen LogP contribution is -2.38. The Kier molecular flexibility index (Phi) is 4.61. The maximum absolute atomic E-state index is 9.73. The molecule has 1 aromatic heterocycles. The molecule has 0 aliphatic carbocycles. The maximum atomic E-state index is 9.73. The molecule has 4 rings (SSSR count). The summed E-state index contributed by atoms with van der Waals surface area (Å²) in [4.78, 5) is 0. The van der Waals surface area contributed by atoms with Crippen LogP contribution in [0.3, 0.4) is 0 Å². The summed E-state index contributed by atoms with van der Waals surface area (Å²) >= 11 is 0. The van der Waals surface area contributed by atoms with Crippen molar-refractivity contribution < 1.29 is 5.11 Å². The molecule has 3 aromatic carbocycles. The molecule has 0 saturated carbocycles. The van der Waals surface area contributed by atoms with Crippen molar-refractivity contribution in [1.29, 1.82) is 0 Å². The fourth-order valence-electron chi connectivity index (χ4n) is 3.76. The second-order valence-corrected chi connectivity index (χ2v) is 6.67. The number of nitrogens with zero attached hydrogens (tertiary/aromatic N) is 2. The molecule has 134 valence electrons. The summed E-state index contributed by atoms with van der Waals surface area (Å²) in [6, 6.07) is 31.2. The van der Waals surface area contributed by atoms with E-state index in [0.717, 1.165) is 22.3 Å². The number of rotatable bonds is 5. The molecule has 4 aromatic rings. The minimum absolute atomic E-state index is 0.0761. The van der Waals surface area contributed by atoms with E-state index < -0.39 is 5.54 Å². The first-order chi connectivity index (χ1) is 13.3. The Hall–Kier alpha value is -3.17. The van der Waals surface area contributed by atoms with Crippen LogP contribution >= 0.6 is 0 Å². The molecule has 1 heterocycles. The van der Waals surface area contributed by atoms with Crippen molar-refractivity contribution in [3.63, 3.8) is 0 Å². The summed E-state index contributed by atoms with van der Waals surface area (Å²) < 4.78 is 1.99. The van der Waals surface area contributed by atoms with Crippen LogP contribution in [-0.4, -0.2) is 14.9 Å². The van der Waals surface area contributed by atoms with Gasteiger partial charge in [0.1, 0.15) is 5.54 Å². The Labute approximate surface area is 159 Å². The van der Waals surface area contributed by atoms with Gasteiger partial charge < -0.3 is 5.11 Å². The number of hydrogen-bond acceptors (Lipinski definition) is 2. The summed E-state index contributed by atoms with van der Waals surface area (Å²) in [7, 11) is 0. The summed E-state index contributed by atoms with van der Waals surface area (Å²) in [5.74, 6) is 0. The summed E-state index contributed by atoms with van der Waals surface area (Å²) in [5.41, 5.74) is 4.41. The minimum Gasteiger partial charge on any atom is -0.390 e. The quantitative estimate of drug-likeness (QED) is 0.535. The Balaban J connectivity index is 2.12. The second-order valence-electron chi connectivity index (χ2n) is 6.67. The van der Waals surface area contributed by atoms with Gasteiger partial charge in [-0.05, 0) is 29.2 Å². The highest BCUT2D eigenvalue weighted by atomic mass is 16.3. The van der Waals surface area contributed by atoms with Crippen LogP contribution in [0, 0.1) is 6.92 Å². The number of aromatic nitrogens is 2. The van der Waals surface area contributed by atoms with E-state index >= 15 is 0 Å². The van der Waals surface area contributed by atoms with Gasteiger partial charge in [-0.25, -0.2) is 0 Å². The fraction of sp³-hybridized carbons (Fsp3) is 0.125. The number of aryl methyl sites for hydroxylation is 1. The molecule has 0 saturated heterocycles. The van der Waals surface area contributed by atoms with Crippen LogP contribution in [0.5, 0.6) is 0 Å². The molecule has 27 heavy (non-hydrogen) atoms. The number of hydrogen-bond donors (Lipinski definition) is 1. The summed E-state index contributed by atoms with van der Waals surface area (Å²) in [5, 5.41) is 14.5. The minimum atomic E-state index is -0.623. The lowest BCUT2D eigenvalue weighted by atomic mass is 9.77. The van der Waals surface area contributed by atoms with Crippen LogP contribution in [0.15, 0.2) is 97.2 Å². The third kappa shape index (κ3) is 2.86. The van der Waals surface area contributed by atoms with E-state index in [1.165, 1.54) is 0 Å². The monoisotopic (exact) mass is 354 g/mol. The Bertz CT molecular complexity index is 912. The van der Waals surface area contributed by atoms with Gasteiger partial charge in [0.15, 0.2) is 0 Å². The zero-order valence-electron chi connectivity index (χ0n) is 15.3. The van der Waals surface area contributed by atoms with E-state index in [4.69, 9.17) is 5.10 Å². The molecule has 3 nitrogen and oxygen atoms in total. The number of aliphatic hydroxyl groups excluding tert-OH is 1. The summed E-state index contributed by atoms with van der Waals surface area (Å²) in [6.07, 6.45) is 2.03. The van der Waals surface area contributed by atoms with Gasteiger partial charge in [0.25, 0.3) is 0 Å². The molecule has 0 aliphatic rings. The van der Waals surface area contributed by atoms with Crippen LogP contribution in [0.25, 0.3) is 0 Å². The molecule has 3 heteroatoms. The topological polar surface area (TPSA) is 38.0 Å². The molecular formula is C24H22N2O. The van der Waals surface area contributed by atoms with E-state index in [1.54, 1.807) is 0 Å². The lowest BCUT2D eigenvalue weighted by Gasteiger charge is -2.36. The molecule has 0 atom stereocenters. The van der Waals surface area contributed by atoms with E-state index in [9.17, 15) is 5.11 Å². The van der Waals surface area contributed by atoms with E-state index in [0.29, 0.717) is 5.69 Å². The summed E-state index contributed by atoms with van der Waals surface area (Å²) in [6.45, 7) is 1.91. The van der Waals surface area contributed by atoms with Crippen LogP contribution in [0.4, 0.5) is 0 Å². The van der Waals surface area contributed by atoms with E-state index in [2.05, 4.69) is 72.8 Å². The first-order valence-electron chi connectivity index (χ1n) is 9.10. The van der Waals surface area contributed by atoms with Gasteiger partial charge in [-0.15, -0.1) is 0 Å². The average Bonchev–Trinajstić information content (AvgIpc) is 3.12. The van der Waals surface area contributed by atoms with Crippen molar-refractivity contribution in [2.45, 2.75) is 19.1 Å². The van der Waals surface area contributed by atoms with Crippen LogP contribution in [-0.2, 0) is 12.1 Å². The smallest absolute Gasteiger partial charge is 0.138 e. The zero-order chi connectivity index (χ0) is 18.7. The van der Waals surface area contributed by atoms with Crippen molar-refractivity contribution in [2.75, 3.05) is 0 Å². The van der Waals surface area contributed by atoms with Crippen molar-refractivity contribution >= 4 is 0 Å². The van der Waals surface area contributed by atoms with Gasteiger partial charge in [0.05, 0.1) is 12.3 Å². The third-order valence-corrected chi connectivity index (χ3v) is 5.07. The zero-order valence-corrected chi connectivity index (χ0v) is 15.3. The predicted octanol–water partition coefficient (Wildman–Crippen LogP) is 4.52. The molecular weight excluding hydrogens is 332 g/mol. The highest BCUT2D eigenvalue weighted by Crippen LogP contribution is 2.40. The Morgan fingerprint density at radius 3 is 1.48 bits per heavy atom. The van der Waals surface area contributed by atoms with Crippen LogP contribution in [0.1, 0.15) is 27.9 Å². The molecule has 0 bridgehead atoms. The largest absolute Gasteiger partial charge is 0.390 e. The first kappa shape index (κ1) is 17.3. The van der Waals surface area contributed by atoms with Crippen molar-refractivity contribution in [1.82, 2.24) is 9.78 Å². The predicted molar refractivity (Wildman–Crippen MR) is 107 cm³/mol. The van der Waals surface area contributed by atoms with Gasteiger partial charge in [-0.3, -0.25) is 4.68 Å². The fourth-order valence-corrected chi connectivity index (χ4v) is 3.76. The molecule has 0 spiro atoms. The molecule has 1 N–H and O–H groups in total. The average molecular weight is 354 g/mol. The molecule has 0 fully saturated rings. The van der Waals surface area contributed by atoms with Crippen LogP contribution < -0.4 is 0 Å². The normalized spacial score (nSPS) is 11.5. The number of benzene rings is 3. The van der Waals surface area contributed by atoms with Gasteiger partial charge in [0, 0.05) is 6.20 Å². The van der Waals surface area contributed by atoms with Gasteiger partial charge in [-0.1, -0.05) is 91.0 Å². The lowest BCUT2D eigenvalue weighted by molar-refractivity contribution is 0.273. The van der Waals surface area contributed by atoms with Crippen molar-refractivity contribution in [3.05, 3.63) is 125 Å². The number of aliphatic hydroxyl groups is 1. The van der Waals surface area contributed by atoms with Gasteiger partial charge >= 0.3 is 0 Å². The molecule has 0 aliphatic heterocycles. The second kappa shape index (κ2) is 7.22. The highest BCUT2D eigenvalue weighted by molar-refractivity contribution is 5.50. The third-order valence-electron chi connectivity index (χ3n) is 5.07. The highest BCUT2D eigenvalue weighted by Gasteiger charge is 2.39. The Morgan fingerprint density at radius 1 is 0.741 bits per heavy atom. The Morgan fingerprint density at radius 2 is 1.15 bits per heavy atom. The molecule has 0 unspecified atom stereocenters. The maximum Gasteiger partial charge on any atom is 0.138 e. The van der Waals surface area contributed by atoms with Gasteiger partial charge in [-0.2, -0.15) is 5.10 Å². The van der Waals surface area contributed by atoms with Crippen molar-refractivity contribution in [2.24, 2.45) is 0 Å². The SMILES string of the molecule is Cc1cn(C(c2ccccc2)(c2ccccc2)c2ccccc2)nc1CO. The standard InChI is InChI=1S/C24H22N2O/c1-19-17-26(25-23(19)18-27)24(20-11-5-2-6-12-20,21-13-7-3-8-14-21)22-15-9-4-10-16-22/h2-17,27H,18H2,1H3. The first-order valence-corrected chi connectivity index (χ1v) is 9.10. The van der Waals surface area contributed by atoms with Gasteiger partial charge in [0.2, 0.25) is 0 Å². The van der Waals surface area contributed by atoms with Crippen molar-refractivity contribution in [3.8, 4) is 0 Å². The molecule has 0 radical (unpaired) electrons.